The van der Waals surface area contributed by atoms with Crippen molar-refractivity contribution in [3.63, 3.8) is 0 Å². The number of hydrogen-bond acceptors (Lipinski definition) is 2. The molecular formula is C9H16N2. The fraction of sp³-hybridized carbons (Fsp3) is 0.556. The first-order valence-electron chi connectivity index (χ1n) is 4.13. The van der Waals surface area contributed by atoms with Gasteiger partial charge < -0.3 is 10.2 Å². The second-order valence-electron chi connectivity index (χ2n) is 2.65. The molecular weight excluding hydrogens is 136 g/mol. The number of allylic oxidation sites excluding steroid dienone is 2. The molecule has 2 heteroatoms. The topological polar surface area (TPSA) is 15.3 Å². The van der Waals surface area contributed by atoms with Crippen LogP contribution in [0.5, 0.6) is 0 Å². The molecule has 0 radical (unpaired) electrons. The Labute approximate surface area is 68.6 Å². The van der Waals surface area contributed by atoms with Gasteiger partial charge in [0, 0.05) is 31.9 Å². The predicted octanol–water partition coefficient (Wildman–Crippen LogP) is 0.981. The lowest BCUT2D eigenvalue weighted by Crippen LogP contribution is -2.42. The molecule has 0 bridgehead atoms. The summed E-state index contributed by atoms with van der Waals surface area (Å²) in [4.78, 5) is 2.35. The molecule has 1 aliphatic heterocycles. The van der Waals surface area contributed by atoms with Crippen LogP contribution in [0.15, 0.2) is 24.4 Å². The van der Waals surface area contributed by atoms with Crippen LogP contribution in [-0.4, -0.2) is 31.1 Å². The number of nitrogens with one attached hydrogen (secondary N) is 1. The van der Waals surface area contributed by atoms with Gasteiger partial charge in [-0.05, 0) is 13.0 Å². The molecule has 1 aliphatic rings. The van der Waals surface area contributed by atoms with E-state index >= 15 is 0 Å². The Morgan fingerprint density at radius 2 is 2.09 bits per heavy atom. The van der Waals surface area contributed by atoms with Crippen molar-refractivity contribution in [1.29, 1.82) is 0 Å². The first-order valence-corrected chi connectivity index (χ1v) is 4.13. The van der Waals surface area contributed by atoms with Gasteiger partial charge in [-0.2, -0.15) is 0 Å². The van der Waals surface area contributed by atoms with Crippen LogP contribution in [-0.2, 0) is 0 Å². The molecule has 1 heterocycles. The molecule has 0 atom stereocenters. The van der Waals surface area contributed by atoms with Crippen LogP contribution in [0.1, 0.15) is 6.92 Å². The third kappa shape index (κ3) is 2.09. The maximum absolute atomic E-state index is 3.78. The van der Waals surface area contributed by atoms with E-state index in [1.165, 1.54) is 5.70 Å². The van der Waals surface area contributed by atoms with Crippen LogP contribution in [0.4, 0.5) is 0 Å². The zero-order chi connectivity index (χ0) is 8.10. The zero-order valence-corrected chi connectivity index (χ0v) is 7.14. The quantitative estimate of drug-likeness (QED) is 0.593. The average Bonchev–Trinajstić information content (AvgIpc) is 2.09. The van der Waals surface area contributed by atoms with Crippen LogP contribution >= 0.6 is 0 Å². The first-order chi connectivity index (χ1) is 5.38. The van der Waals surface area contributed by atoms with E-state index < -0.39 is 0 Å². The zero-order valence-electron chi connectivity index (χ0n) is 7.14. The van der Waals surface area contributed by atoms with E-state index in [9.17, 15) is 0 Å². The Morgan fingerprint density at radius 1 is 1.45 bits per heavy atom. The van der Waals surface area contributed by atoms with Crippen molar-refractivity contribution < 1.29 is 0 Å². The van der Waals surface area contributed by atoms with Crippen LogP contribution < -0.4 is 5.32 Å². The summed E-state index contributed by atoms with van der Waals surface area (Å²) in [6.07, 6.45) is 4.03. The van der Waals surface area contributed by atoms with E-state index in [1.54, 1.807) is 0 Å². The average molecular weight is 152 g/mol. The molecule has 0 saturated carbocycles. The molecule has 0 aromatic heterocycles. The largest absolute Gasteiger partial charge is 0.369 e. The molecule has 11 heavy (non-hydrogen) atoms. The van der Waals surface area contributed by atoms with E-state index in [1.807, 2.05) is 6.08 Å². The molecule has 1 fully saturated rings. The van der Waals surface area contributed by atoms with E-state index in [4.69, 9.17) is 0 Å². The number of nitrogens with zero attached hydrogens (tertiary/aromatic N) is 1. The Morgan fingerprint density at radius 3 is 2.55 bits per heavy atom. The minimum Gasteiger partial charge on any atom is -0.369 e. The van der Waals surface area contributed by atoms with Crippen LogP contribution in [0.25, 0.3) is 0 Å². The van der Waals surface area contributed by atoms with Gasteiger partial charge in [0.25, 0.3) is 0 Å². The summed E-state index contributed by atoms with van der Waals surface area (Å²) in [5.41, 5.74) is 1.26. The number of piperazine rings is 1. The summed E-state index contributed by atoms with van der Waals surface area (Å²) in [6.45, 7) is 10.2. The summed E-state index contributed by atoms with van der Waals surface area (Å²) in [6, 6.07) is 0. The molecule has 2 nitrogen and oxygen atoms in total. The maximum Gasteiger partial charge on any atom is 0.0317 e. The van der Waals surface area contributed by atoms with Crippen LogP contribution in [0.3, 0.4) is 0 Å². The van der Waals surface area contributed by atoms with E-state index in [2.05, 4.69) is 29.8 Å². The Hall–Kier alpha value is -0.760. The maximum atomic E-state index is 3.78. The summed E-state index contributed by atoms with van der Waals surface area (Å²) >= 11 is 0. The molecule has 0 aromatic carbocycles. The highest BCUT2D eigenvalue weighted by molar-refractivity contribution is 5.14. The normalized spacial score (nSPS) is 20.1. The SMILES string of the molecule is C=CC(=CC)N1CCNCC1. The van der Waals surface area contributed by atoms with Gasteiger partial charge in [-0.15, -0.1) is 0 Å². The molecule has 62 valence electrons. The highest BCUT2D eigenvalue weighted by Gasteiger charge is 2.08. The lowest BCUT2D eigenvalue weighted by Gasteiger charge is -2.30. The first kappa shape index (κ1) is 8.34. The van der Waals surface area contributed by atoms with Crippen molar-refractivity contribution in [3.05, 3.63) is 24.4 Å². The van der Waals surface area contributed by atoms with E-state index in [0.717, 1.165) is 26.2 Å². The van der Waals surface area contributed by atoms with Gasteiger partial charge in [0.05, 0.1) is 0 Å². The molecule has 1 saturated heterocycles. The third-order valence-electron chi connectivity index (χ3n) is 1.99. The van der Waals surface area contributed by atoms with Gasteiger partial charge in [-0.1, -0.05) is 12.7 Å². The molecule has 0 unspecified atom stereocenters. The molecule has 1 rings (SSSR count). The lowest BCUT2D eigenvalue weighted by atomic mass is 10.3. The van der Waals surface area contributed by atoms with Crippen molar-refractivity contribution in [2.45, 2.75) is 6.92 Å². The molecule has 0 spiro atoms. The highest BCUT2D eigenvalue weighted by Crippen LogP contribution is 2.05. The monoisotopic (exact) mass is 152 g/mol. The molecule has 0 aromatic rings. The van der Waals surface area contributed by atoms with Crippen LogP contribution in [0.2, 0.25) is 0 Å². The van der Waals surface area contributed by atoms with Gasteiger partial charge in [0.15, 0.2) is 0 Å². The molecule has 0 aliphatic carbocycles. The van der Waals surface area contributed by atoms with Crippen molar-refractivity contribution in [3.8, 4) is 0 Å². The third-order valence-corrected chi connectivity index (χ3v) is 1.99. The van der Waals surface area contributed by atoms with Crippen molar-refractivity contribution in [2.75, 3.05) is 26.2 Å². The minimum atomic E-state index is 1.09. The van der Waals surface area contributed by atoms with Gasteiger partial charge in [0.2, 0.25) is 0 Å². The van der Waals surface area contributed by atoms with Crippen molar-refractivity contribution >= 4 is 0 Å². The van der Waals surface area contributed by atoms with Crippen LogP contribution in [0, 0.1) is 0 Å². The standard InChI is InChI=1S/C9H16N2/c1-3-9(4-2)11-7-5-10-6-8-11/h3-4,10H,1,5-8H2,2H3. The lowest BCUT2D eigenvalue weighted by molar-refractivity contribution is 0.307. The smallest absolute Gasteiger partial charge is 0.0317 e. The number of rotatable bonds is 2. The van der Waals surface area contributed by atoms with Gasteiger partial charge in [-0.3, -0.25) is 0 Å². The summed E-state index contributed by atoms with van der Waals surface area (Å²) in [5.74, 6) is 0. The second-order valence-corrected chi connectivity index (χ2v) is 2.65. The van der Waals surface area contributed by atoms with E-state index in [0.29, 0.717) is 0 Å². The summed E-state index contributed by atoms with van der Waals surface area (Å²) in [5, 5.41) is 3.31. The van der Waals surface area contributed by atoms with Gasteiger partial charge in [-0.25, -0.2) is 0 Å². The summed E-state index contributed by atoms with van der Waals surface area (Å²) in [7, 11) is 0. The second kappa shape index (κ2) is 4.19. The fourth-order valence-corrected chi connectivity index (χ4v) is 1.35. The summed E-state index contributed by atoms with van der Waals surface area (Å²) < 4.78 is 0. The highest BCUT2D eigenvalue weighted by atomic mass is 15.2. The van der Waals surface area contributed by atoms with Crippen molar-refractivity contribution in [2.24, 2.45) is 0 Å². The van der Waals surface area contributed by atoms with Crippen molar-refractivity contribution in [1.82, 2.24) is 10.2 Å². The Kier molecular flexibility index (Phi) is 3.17. The Bertz CT molecular complexity index is 155. The predicted molar refractivity (Wildman–Crippen MR) is 48.4 cm³/mol. The van der Waals surface area contributed by atoms with E-state index in [-0.39, 0.29) is 0 Å². The Balaban J connectivity index is 2.49. The fourth-order valence-electron chi connectivity index (χ4n) is 1.35. The molecule has 1 N–H and O–H groups in total. The molecule has 0 amide bonds. The van der Waals surface area contributed by atoms with Gasteiger partial charge >= 0.3 is 0 Å². The minimum absolute atomic E-state index is 1.09. The number of hydrogen-bond donors (Lipinski definition) is 1. The van der Waals surface area contributed by atoms with Gasteiger partial charge in [0.1, 0.15) is 0 Å².